The van der Waals surface area contributed by atoms with E-state index in [4.69, 9.17) is 12.2 Å². The van der Waals surface area contributed by atoms with Gasteiger partial charge in [-0.15, -0.1) is 0 Å². The summed E-state index contributed by atoms with van der Waals surface area (Å²) >= 11 is 5.13. The molecule has 0 aromatic carbocycles. The van der Waals surface area contributed by atoms with E-state index in [1.807, 2.05) is 0 Å². The van der Waals surface area contributed by atoms with Gasteiger partial charge in [0, 0.05) is 61.4 Å². The van der Waals surface area contributed by atoms with Crippen LogP contribution in [0.3, 0.4) is 0 Å². The molecule has 0 saturated heterocycles. The Morgan fingerprint density at radius 3 is 1.32 bits per heavy atom. The molecule has 0 bridgehead atoms. The lowest BCUT2D eigenvalue weighted by Crippen LogP contribution is -2.40. The van der Waals surface area contributed by atoms with Crippen molar-refractivity contribution in [3.05, 3.63) is 75.0 Å². The Morgan fingerprint density at radius 1 is 0.576 bits per heavy atom. The van der Waals surface area contributed by atoms with Crippen LogP contribution in [-0.4, -0.2) is 71.7 Å². The molecule has 0 amide bonds. The number of aromatic nitrogens is 10. The molecule has 0 aliphatic carbocycles. The van der Waals surface area contributed by atoms with Crippen LogP contribution in [0, 0.1) is 18.5 Å². The highest BCUT2D eigenvalue weighted by Gasteiger charge is 2.58. The van der Waals surface area contributed by atoms with Crippen LogP contribution in [-0.2, 0) is 39.5 Å². The molecule has 0 atom stereocenters. The Morgan fingerprint density at radius 2 is 0.932 bits per heavy atom. The zero-order chi connectivity index (χ0) is 43.9. The van der Waals surface area contributed by atoms with E-state index in [1.165, 1.54) is 46.9 Å². The van der Waals surface area contributed by atoms with Crippen LogP contribution in [0.4, 0.5) is 70.2 Å². The maximum absolute atomic E-state index is 13.6. The van der Waals surface area contributed by atoms with Gasteiger partial charge in [0.05, 0.1) is 23.5 Å². The molecular formula is C31H26F16N10OS. The van der Waals surface area contributed by atoms with Crippen molar-refractivity contribution in [2.75, 3.05) is 0 Å². The average molecular weight is 891 g/mol. The quantitative estimate of drug-likeness (QED) is 0.123. The average Bonchev–Trinajstić information content (AvgIpc) is 3.84. The fraction of sp³-hybridized carbons (Fsp3) is 0.419. The lowest BCUT2D eigenvalue weighted by atomic mass is 10.1. The molecule has 0 radical (unpaired) electrons. The SMILES string of the molecule is C.Cc1cn2c(=O)c(-c3cnn(CC(F)(F)C(F)(F)F)c3)c(C(F)(F)F)nc2n1C.Cc1cn2c(=S)c(-c3cnn(CC(F)(F)C(F)(F)F)c3)c(C(F)(F)F)nc2n1C. The first kappa shape index (κ1) is 46.3. The highest BCUT2D eigenvalue weighted by Crippen LogP contribution is 2.40. The molecule has 11 nitrogen and oxygen atoms in total. The predicted molar refractivity (Wildman–Crippen MR) is 176 cm³/mol. The Labute approximate surface area is 323 Å². The summed E-state index contributed by atoms with van der Waals surface area (Å²) in [6.07, 6.45) is -16.6. The molecule has 59 heavy (non-hydrogen) atoms. The minimum Gasteiger partial charge on any atom is -0.317 e. The van der Waals surface area contributed by atoms with Crippen molar-refractivity contribution < 1.29 is 70.2 Å². The van der Waals surface area contributed by atoms with Gasteiger partial charge in [-0.3, -0.25) is 23.0 Å². The van der Waals surface area contributed by atoms with Crippen LogP contribution in [0.25, 0.3) is 33.8 Å². The van der Waals surface area contributed by atoms with E-state index in [9.17, 15) is 75.0 Å². The summed E-state index contributed by atoms with van der Waals surface area (Å²) in [5, 5.41) is 6.59. The normalized spacial score (nSPS) is 13.2. The topological polar surface area (TPSA) is 97.2 Å². The number of hydrogen-bond acceptors (Lipinski definition) is 6. The second-order valence-electron chi connectivity index (χ2n) is 12.5. The smallest absolute Gasteiger partial charge is 0.317 e. The largest absolute Gasteiger partial charge is 0.455 e. The molecule has 0 fully saturated rings. The second kappa shape index (κ2) is 15.0. The molecule has 28 heteroatoms. The summed E-state index contributed by atoms with van der Waals surface area (Å²) in [5.41, 5.74) is -5.87. The van der Waals surface area contributed by atoms with Crippen molar-refractivity contribution in [2.24, 2.45) is 14.1 Å². The number of imidazole rings is 2. The van der Waals surface area contributed by atoms with E-state index < -0.39 is 83.3 Å². The Balaban J connectivity index is 0.000000256. The molecular weight excluding hydrogens is 864 g/mol. The molecule has 6 rings (SSSR count). The van der Waals surface area contributed by atoms with Crippen LogP contribution in [0.1, 0.15) is 30.2 Å². The van der Waals surface area contributed by atoms with Crippen LogP contribution >= 0.6 is 12.2 Å². The minimum atomic E-state index is -5.88. The van der Waals surface area contributed by atoms with E-state index in [1.54, 1.807) is 6.92 Å². The standard InChI is InChI=1S/C15H11F8N5O.C15H11F8N5S.CH4/c2*1-7-4-28-11(29)9(10(14(18,19)20)25-12(28)26(7)2)8-3-24-27(5-8)6-13(16,17)15(21,22)23;/h2*3-5H,6H2,1-2H3;1H4. The van der Waals surface area contributed by atoms with Crippen LogP contribution in [0.2, 0.25) is 0 Å². The zero-order valence-corrected chi connectivity index (χ0v) is 30.0. The van der Waals surface area contributed by atoms with Crippen molar-refractivity contribution in [3.8, 4) is 22.3 Å². The molecule has 0 aliphatic rings. The van der Waals surface area contributed by atoms with E-state index in [-0.39, 0.29) is 38.5 Å². The number of aryl methyl sites for hydroxylation is 4. The van der Waals surface area contributed by atoms with Gasteiger partial charge in [0.25, 0.3) is 5.56 Å². The lowest BCUT2D eigenvalue weighted by Gasteiger charge is -2.19. The maximum atomic E-state index is 13.6. The Bertz CT molecular complexity index is 2450. The summed E-state index contributed by atoms with van der Waals surface area (Å²) in [6.45, 7) is -0.733. The van der Waals surface area contributed by atoms with Crippen molar-refractivity contribution in [3.63, 3.8) is 0 Å². The maximum Gasteiger partial charge on any atom is 0.455 e. The number of nitrogens with zero attached hydrogens (tertiary/aromatic N) is 10. The van der Waals surface area contributed by atoms with Crippen LogP contribution in [0.15, 0.2) is 42.0 Å². The summed E-state index contributed by atoms with van der Waals surface area (Å²) in [7, 11) is 2.86. The van der Waals surface area contributed by atoms with Gasteiger partial charge >= 0.3 is 36.6 Å². The predicted octanol–water partition coefficient (Wildman–Crippen LogP) is 8.85. The second-order valence-corrected chi connectivity index (χ2v) is 12.9. The summed E-state index contributed by atoms with van der Waals surface area (Å²) in [6, 6.07) is 0. The molecule has 0 aliphatic heterocycles. The third kappa shape index (κ3) is 8.66. The first-order valence-corrected chi connectivity index (χ1v) is 15.9. The fourth-order valence-electron chi connectivity index (χ4n) is 5.29. The third-order valence-corrected chi connectivity index (χ3v) is 8.82. The summed E-state index contributed by atoms with van der Waals surface area (Å²) in [5.74, 6) is -10.7. The lowest BCUT2D eigenvalue weighted by molar-refractivity contribution is -0.287. The zero-order valence-electron chi connectivity index (χ0n) is 29.2. The monoisotopic (exact) mass is 890 g/mol. The number of hydrogen-bond donors (Lipinski definition) is 0. The van der Waals surface area contributed by atoms with Gasteiger partial charge in [0.15, 0.2) is 11.4 Å². The van der Waals surface area contributed by atoms with Crippen LogP contribution in [0.5, 0.6) is 0 Å². The number of fused-ring (bicyclic) bond motifs is 2. The molecule has 0 spiro atoms. The molecule has 6 aromatic rings. The van der Waals surface area contributed by atoms with Gasteiger partial charge in [-0.2, -0.15) is 80.4 Å². The van der Waals surface area contributed by atoms with Crippen LogP contribution < -0.4 is 5.56 Å². The summed E-state index contributed by atoms with van der Waals surface area (Å²) in [4.78, 5) is 19.7. The van der Waals surface area contributed by atoms with E-state index >= 15 is 0 Å². The van der Waals surface area contributed by atoms with E-state index in [2.05, 4.69) is 20.2 Å². The van der Waals surface area contributed by atoms with Crippen molar-refractivity contribution in [1.82, 2.24) is 47.5 Å². The van der Waals surface area contributed by atoms with Crippen molar-refractivity contribution >= 4 is 23.8 Å². The first-order valence-electron chi connectivity index (χ1n) is 15.5. The molecule has 0 N–H and O–H groups in total. The van der Waals surface area contributed by atoms with Gasteiger partial charge < -0.3 is 9.13 Å². The molecule has 324 valence electrons. The number of halogens is 16. The van der Waals surface area contributed by atoms with Gasteiger partial charge in [0.1, 0.15) is 17.7 Å². The number of rotatable bonds is 6. The Kier molecular flexibility index (Phi) is 11.7. The van der Waals surface area contributed by atoms with Gasteiger partial charge in [0.2, 0.25) is 11.6 Å². The molecule has 0 saturated carbocycles. The minimum absolute atomic E-state index is 0. The number of alkyl halides is 16. The van der Waals surface area contributed by atoms with Gasteiger partial charge in [-0.05, 0) is 13.8 Å². The highest BCUT2D eigenvalue weighted by molar-refractivity contribution is 7.71. The molecule has 6 heterocycles. The summed E-state index contributed by atoms with van der Waals surface area (Å²) < 4.78 is 213. The van der Waals surface area contributed by atoms with E-state index in [0.717, 1.165) is 10.6 Å². The third-order valence-electron chi connectivity index (χ3n) is 8.41. The fourth-order valence-corrected chi connectivity index (χ4v) is 5.64. The van der Waals surface area contributed by atoms with E-state index in [0.29, 0.717) is 30.0 Å². The van der Waals surface area contributed by atoms with Gasteiger partial charge in [-0.25, -0.2) is 9.97 Å². The molecule has 0 unspecified atom stereocenters. The van der Waals surface area contributed by atoms with Gasteiger partial charge in [-0.1, -0.05) is 19.6 Å². The highest BCUT2D eigenvalue weighted by atomic mass is 32.1. The molecule has 6 aromatic heterocycles. The Hall–Kier alpha value is -5.44. The van der Waals surface area contributed by atoms with Crippen molar-refractivity contribution in [1.29, 1.82) is 0 Å². The van der Waals surface area contributed by atoms with Crippen molar-refractivity contribution in [2.45, 2.75) is 70.9 Å². The first-order chi connectivity index (χ1) is 26.3.